The fourth-order valence-corrected chi connectivity index (χ4v) is 3.66. The molecule has 1 aliphatic rings. The molecule has 0 radical (unpaired) electrons. The first-order valence-corrected chi connectivity index (χ1v) is 10.9. The van der Waals surface area contributed by atoms with Crippen molar-refractivity contribution in [3.8, 4) is 5.75 Å². The topological polar surface area (TPSA) is 71.1 Å². The highest BCUT2D eigenvalue weighted by Crippen LogP contribution is 2.36. The summed E-state index contributed by atoms with van der Waals surface area (Å²) in [5.41, 5.74) is 0.744. The minimum atomic E-state index is -4.55. The first-order valence-electron chi connectivity index (χ1n) is 10.5. The van der Waals surface area contributed by atoms with Crippen LogP contribution in [-0.4, -0.2) is 29.2 Å². The average molecular weight is 478 g/mol. The van der Waals surface area contributed by atoms with Gasteiger partial charge in [-0.1, -0.05) is 11.6 Å². The second-order valence-corrected chi connectivity index (χ2v) is 8.17. The number of hydrogen-bond acceptors (Lipinski definition) is 6. The van der Waals surface area contributed by atoms with Gasteiger partial charge in [0, 0.05) is 23.1 Å². The maximum Gasteiger partial charge on any atom is 0.417 e. The zero-order valence-corrected chi connectivity index (χ0v) is 18.6. The molecule has 0 unspecified atom stereocenters. The van der Waals surface area contributed by atoms with E-state index in [1.165, 1.54) is 12.1 Å². The largest absolute Gasteiger partial charge is 0.490 e. The predicted octanol–water partition coefficient (Wildman–Crippen LogP) is 6.08. The fourth-order valence-electron chi connectivity index (χ4n) is 3.44. The number of piperidine rings is 1. The molecule has 3 N–H and O–H groups in total. The highest BCUT2D eigenvalue weighted by Gasteiger charge is 2.33. The Morgan fingerprint density at radius 2 is 1.73 bits per heavy atom. The van der Waals surface area contributed by atoms with Crippen LogP contribution in [0, 0.1) is 6.92 Å². The number of anilines is 4. The van der Waals surface area contributed by atoms with Gasteiger partial charge >= 0.3 is 6.18 Å². The Hall–Kier alpha value is -3.04. The number of ether oxygens (including phenoxy) is 1. The molecule has 1 aliphatic heterocycles. The number of rotatable bonds is 6. The summed E-state index contributed by atoms with van der Waals surface area (Å²) in [6.45, 7) is 3.68. The summed E-state index contributed by atoms with van der Waals surface area (Å²) < 4.78 is 45.5. The van der Waals surface area contributed by atoms with Crippen LogP contribution in [0.4, 0.5) is 36.3 Å². The maximum atomic E-state index is 13.2. The van der Waals surface area contributed by atoms with Gasteiger partial charge in [0.25, 0.3) is 0 Å². The van der Waals surface area contributed by atoms with Crippen LogP contribution in [0.5, 0.6) is 5.75 Å². The zero-order chi connectivity index (χ0) is 23.4. The second-order valence-electron chi connectivity index (χ2n) is 7.76. The van der Waals surface area contributed by atoms with E-state index in [0.717, 1.165) is 43.4 Å². The highest BCUT2D eigenvalue weighted by atomic mass is 35.5. The number of hydrogen-bond donors (Lipinski definition) is 3. The third-order valence-electron chi connectivity index (χ3n) is 5.21. The van der Waals surface area contributed by atoms with Crippen molar-refractivity contribution < 1.29 is 17.9 Å². The normalized spacial score (nSPS) is 14.7. The number of benzene rings is 2. The molecule has 0 bridgehead atoms. The Labute approximate surface area is 194 Å². The predicted molar refractivity (Wildman–Crippen MR) is 123 cm³/mol. The Morgan fingerprint density at radius 1 is 1.03 bits per heavy atom. The summed E-state index contributed by atoms with van der Waals surface area (Å²) in [7, 11) is 0. The summed E-state index contributed by atoms with van der Waals surface area (Å²) >= 11 is 5.70. The van der Waals surface area contributed by atoms with E-state index >= 15 is 0 Å². The van der Waals surface area contributed by atoms with Crippen LogP contribution in [0.25, 0.3) is 0 Å². The third kappa shape index (κ3) is 6.06. The van der Waals surface area contributed by atoms with Gasteiger partial charge in [-0.2, -0.15) is 18.2 Å². The third-order valence-corrected chi connectivity index (χ3v) is 5.54. The minimum Gasteiger partial charge on any atom is -0.490 e. The summed E-state index contributed by atoms with van der Waals surface area (Å²) in [5.74, 6) is 1.48. The molecule has 0 saturated carbocycles. The lowest BCUT2D eigenvalue weighted by Gasteiger charge is -2.23. The molecule has 1 fully saturated rings. The molecule has 0 aliphatic carbocycles. The van der Waals surface area contributed by atoms with Gasteiger partial charge in [-0.05, 0) is 75.3 Å². The van der Waals surface area contributed by atoms with Gasteiger partial charge in [0.1, 0.15) is 17.7 Å². The van der Waals surface area contributed by atoms with Crippen molar-refractivity contribution in [2.45, 2.75) is 32.0 Å². The van der Waals surface area contributed by atoms with Crippen molar-refractivity contribution in [1.82, 2.24) is 15.3 Å². The second kappa shape index (κ2) is 9.84. The van der Waals surface area contributed by atoms with Gasteiger partial charge in [0.05, 0.1) is 10.6 Å². The number of aryl methyl sites for hydroxylation is 1. The van der Waals surface area contributed by atoms with Gasteiger partial charge in [-0.25, -0.2) is 4.98 Å². The highest BCUT2D eigenvalue weighted by molar-refractivity contribution is 6.31. The van der Waals surface area contributed by atoms with E-state index in [4.69, 9.17) is 16.3 Å². The van der Waals surface area contributed by atoms with E-state index in [-0.39, 0.29) is 16.8 Å². The van der Waals surface area contributed by atoms with Gasteiger partial charge in [-0.3, -0.25) is 0 Å². The standard InChI is InChI=1S/C23H23ClF3N5O/c1-14-13-29-22(31-15-2-5-17(6-3-15)33-18-8-10-28-11-9-18)32-21(14)30-16-4-7-20(24)19(12-16)23(25,26)27/h2-7,12-13,18,28H,8-11H2,1H3,(H2,29,30,31,32). The SMILES string of the molecule is Cc1cnc(Nc2ccc(OC3CCNCC3)cc2)nc1Nc1ccc(Cl)c(C(F)(F)F)c1. The molecule has 6 nitrogen and oxygen atoms in total. The Kier molecular flexibility index (Phi) is 6.90. The number of nitrogens with zero attached hydrogens (tertiary/aromatic N) is 2. The van der Waals surface area contributed by atoms with Crippen molar-refractivity contribution in [1.29, 1.82) is 0 Å². The quantitative estimate of drug-likeness (QED) is 0.400. The zero-order valence-electron chi connectivity index (χ0n) is 17.8. The smallest absolute Gasteiger partial charge is 0.417 e. The van der Waals surface area contributed by atoms with Crippen LogP contribution < -0.4 is 20.7 Å². The molecule has 4 rings (SSSR count). The molecular weight excluding hydrogens is 455 g/mol. The van der Waals surface area contributed by atoms with E-state index in [0.29, 0.717) is 17.3 Å². The van der Waals surface area contributed by atoms with Crippen LogP contribution in [0.3, 0.4) is 0 Å². The number of halogens is 4. The molecule has 2 heterocycles. The number of nitrogens with one attached hydrogen (secondary N) is 3. The molecule has 3 aromatic rings. The van der Waals surface area contributed by atoms with Crippen molar-refractivity contribution >= 4 is 34.7 Å². The summed E-state index contributed by atoms with van der Waals surface area (Å²) in [6, 6.07) is 11.1. The molecule has 0 atom stereocenters. The van der Waals surface area contributed by atoms with E-state index in [1.54, 1.807) is 13.1 Å². The number of alkyl halides is 3. The van der Waals surface area contributed by atoms with Crippen LogP contribution in [0.2, 0.25) is 5.02 Å². The van der Waals surface area contributed by atoms with Crippen molar-refractivity contribution in [3.05, 3.63) is 64.8 Å². The molecule has 1 aromatic heterocycles. The molecule has 10 heteroatoms. The first-order chi connectivity index (χ1) is 15.8. The Bertz CT molecular complexity index is 1100. The van der Waals surface area contributed by atoms with Crippen LogP contribution in [0.1, 0.15) is 24.0 Å². The van der Waals surface area contributed by atoms with E-state index < -0.39 is 11.7 Å². The molecule has 0 spiro atoms. The lowest BCUT2D eigenvalue weighted by Crippen LogP contribution is -2.34. The first kappa shape index (κ1) is 23.1. The van der Waals surface area contributed by atoms with Crippen LogP contribution in [-0.2, 0) is 6.18 Å². The lowest BCUT2D eigenvalue weighted by molar-refractivity contribution is -0.137. The van der Waals surface area contributed by atoms with Crippen molar-refractivity contribution in [2.24, 2.45) is 0 Å². The maximum absolute atomic E-state index is 13.2. The minimum absolute atomic E-state index is 0.213. The van der Waals surface area contributed by atoms with Crippen molar-refractivity contribution in [3.63, 3.8) is 0 Å². The summed E-state index contributed by atoms with van der Waals surface area (Å²) in [5, 5.41) is 8.97. The van der Waals surface area contributed by atoms with Gasteiger partial charge < -0.3 is 20.7 Å². The van der Waals surface area contributed by atoms with Crippen LogP contribution in [0.15, 0.2) is 48.7 Å². The van der Waals surface area contributed by atoms with E-state index in [1.807, 2.05) is 24.3 Å². The molecular formula is C23H23ClF3N5O. The van der Waals surface area contributed by atoms with Gasteiger partial charge in [-0.15, -0.1) is 0 Å². The Balaban J connectivity index is 1.45. The average Bonchev–Trinajstić information content (AvgIpc) is 2.78. The molecule has 33 heavy (non-hydrogen) atoms. The lowest BCUT2D eigenvalue weighted by atomic mass is 10.1. The molecule has 1 saturated heterocycles. The molecule has 2 aromatic carbocycles. The molecule has 174 valence electrons. The summed E-state index contributed by atoms with van der Waals surface area (Å²) in [4.78, 5) is 8.67. The van der Waals surface area contributed by atoms with E-state index in [2.05, 4.69) is 25.9 Å². The van der Waals surface area contributed by atoms with Gasteiger partial charge in [0.2, 0.25) is 5.95 Å². The Morgan fingerprint density at radius 3 is 2.42 bits per heavy atom. The molecule has 0 amide bonds. The van der Waals surface area contributed by atoms with Crippen LogP contribution >= 0.6 is 11.6 Å². The monoisotopic (exact) mass is 477 g/mol. The summed E-state index contributed by atoms with van der Waals surface area (Å²) in [6.07, 6.45) is -0.792. The van der Waals surface area contributed by atoms with Gasteiger partial charge in [0.15, 0.2) is 0 Å². The van der Waals surface area contributed by atoms with Crippen molar-refractivity contribution in [2.75, 3.05) is 23.7 Å². The van der Waals surface area contributed by atoms with E-state index in [9.17, 15) is 13.2 Å². The number of aromatic nitrogens is 2. The fraction of sp³-hybridized carbons (Fsp3) is 0.304.